The summed E-state index contributed by atoms with van der Waals surface area (Å²) in [6.07, 6.45) is 105. The molecule has 0 saturated heterocycles. The normalized spacial score (nSPS) is 12.4. The van der Waals surface area contributed by atoms with Gasteiger partial charge in [0.2, 0.25) is 0 Å². The molecule has 0 fully saturated rings. The summed E-state index contributed by atoms with van der Waals surface area (Å²) in [4.78, 5) is 24.7. The van der Waals surface area contributed by atoms with Crippen LogP contribution >= 0.6 is 0 Å². The van der Waals surface area contributed by atoms with Gasteiger partial charge in [0, 0.05) is 12.8 Å². The third-order valence-electron chi connectivity index (χ3n) is 18.1. The highest BCUT2D eigenvalue weighted by molar-refractivity contribution is 5.70. The lowest BCUT2D eigenvalue weighted by atomic mass is 10.0. The van der Waals surface area contributed by atoms with Gasteiger partial charge in [-0.3, -0.25) is 9.59 Å². The van der Waals surface area contributed by atoms with Crippen LogP contribution in [0.2, 0.25) is 0 Å². The maximum atomic E-state index is 12.4. The van der Waals surface area contributed by atoms with Gasteiger partial charge >= 0.3 is 11.9 Å². The summed E-state index contributed by atoms with van der Waals surface area (Å²) >= 11 is 0. The van der Waals surface area contributed by atoms with Crippen LogP contribution in [0, 0.1) is 0 Å². The summed E-state index contributed by atoms with van der Waals surface area (Å²) in [5, 5.41) is 9.72. The number of carbonyl (C=O) groups is 2. The SMILES string of the molecule is CCCCCCC/C=C\C/C=C\C/C=C\CCCCCCCCCCCCCCCCCCCCCCCCCCC(=O)OC(CO)COC(=O)CCCCCCCCCCCCCCCCCCCCCCC/C=C\CCCCCCCCCC. The molecule has 5 heteroatoms. The molecule has 0 aromatic heterocycles. The van der Waals surface area contributed by atoms with Crippen LogP contribution in [0.3, 0.4) is 0 Å². The van der Waals surface area contributed by atoms with Crippen LogP contribution in [0.15, 0.2) is 48.6 Å². The average molecular weight is 1210 g/mol. The number of allylic oxidation sites excluding steroid dienone is 8. The molecule has 1 atom stereocenters. The van der Waals surface area contributed by atoms with Crippen LogP contribution in [-0.2, 0) is 19.1 Å². The van der Waals surface area contributed by atoms with E-state index < -0.39 is 6.10 Å². The van der Waals surface area contributed by atoms with Crippen molar-refractivity contribution in [3.05, 3.63) is 48.6 Å². The molecule has 0 aliphatic carbocycles. The van der Waals surface area contributed by atoms with Crippen molar-refractivity contribution < 1.29 is 24.2 Å². The van der Waals surface area contributed by atoms with E-state index in [-0.39, 0.29) is 25.2 Å². The van der Waals surface area contributed by atoms with Gasteiger partial charge in [0.05, 0.1) is 6.61 Å². The number of ether oxygens (including phenoxy) is 2. The van der Waals surface area contributed by atoms with Crippen molar-refractivity contribution >= 4 is 11.9 Å². The van der Waals surface area contributed by atoms with E-state index in [9.17, 15) is 14.7 Å². The lowest BCUT2D eigenvalue weighted by Gasteiger charge is -2.15. The Labute approximate surface area is 539 Å². The first-order valence-corrected chi connectivity index (χ1v) is 39.2. The Hall–Kier alpha value is -2.14. The van der Waals surface area contributed by atoms with E-state index in [1.807, 2.05) is 0 Å². The van der Waals surface area contributed by atoms with Gasteiger partial charge in [-0.15, -0.1) is 0 Å². The maximum Gasteiger partial charge on any atom is 0.306 e. The smallest absolute Gasteiger partial charge is 0.306 e. The summed E-state index contributed by atoms with van der Waals surface area (Å²) in [5.74, 6) is -0.563. The predicted molar refractivity (Wildman–Crippen MR) is 381 cm³/mol. The van der Waals surface area contributed by atoms with E-state index in [2.05, 4.69) is 62.5 Å². The zero-order valence-corrected chi connectivity index (χ0v) is 58.4. The number of carbonyl (C=O) groups excluding carboxylic acids is 2. The average Bonchev–Trinajstić information content (AvgIpc) is 3.55. The molecule has 506 valence electrons. The van der Waals surface area contributed by atoms with Gasteiger partial charge in [-0.1, -0.05) is 396 Å². The summed E-state index contributed by atoms with van der Waals surface area (Å²) < 4.78 is 10.8. The lowest BCUT2D eigenvalue weighted by molar-refractivity contribution is -0.161. The van der Waals surface area contributed by atoms with Gasteiger partial charge in [0.1, 0.15) is 6.61 Å². The minimum atomic E-state index is -0.770. The first-order chi connectivity index (χ1) is 42.6. The number of aliphatic hydroxyl groups is 1. The minimum Gasteiger partial charge on any atom is -0.462 e. The van der Waals surface area contributed by atoms with Crippen molar-refractivity contribution in [1.29, 1.82) is 0 Å². The van der Waals surface area contributed by atoms with Crippen molar-refractivity contribution in [2.24, 2.45) is 0 Å². The minimum absolute atomic E-state index is 0.0590. The van der Waals surface area contributed by atoms with Gasteiger partial charge in [-0.25, -0.2) is 0 Å². The Morgan fingerprint density at radius 3 is 0.709 bits per heavy atom. The fraction of sp³-hybridized carbons (Fsp3) is 0.877. The van der Waals surface area contributed by atoms with E-state index in [0.717, 1.165) is 44.9 Å². The molecule has 0 saturated carbocycles. The summed E-state index contributed by atoms with van der Waals surface area (Å²) in [5.41, 5.74) is 0. The van der Waals surface area contributed by atoms with Gasteiger partial charge in [0.15, 0.2) is 6.10 Å². The van der Waals surface area contributed by atoms with Crippen molar-refractivity contribution in [2.75, 3.05) is 13.2 Å². The van der Waals surface area contributed by atoms with Crippen molar-refractivity contribution in [3.63, 3.8) is 0 Å². The first-order valence-electron chi connectivity index (χ1n) is 39.2. The number of rotatable bonds is 74. The van der Waals surface area contributed by atoms with E-state index in [0.29, 0.717) is 12.8 Å². The molecule has 5 nitrogen and oxygen atoms in total. The van der Waals surface area contributed by atoms with Crippen LogP contribution in [0.25, 0.3) is 0 Å². The molecule has 0 heterocycles. The Balaban J connectivity index is 3.37. The quantitative estimate of drug-likeness (QED) is 0.0373. The largest absolute Gasteiger partial charge is 0.462 e. The van der Waals surface area contributed by atoms with Crippen LogP contribution in [0.4, 0.5) is 0 Å². The van der Waals surface area contributed by atoms with E-state index in [4.69, 9.17) is 9.47 Å². The monoisotopic (exact) mass is 1210 g/mol. The third-order valence-corrected chi connectivity index (χ3v) is 18.1. The Kier molecular flexibility index (Phi) is 75.2. The molecule has 0 spiro atoms. The topological polar surface area (TPSA) is 72.8 Å². The molecule has 0 aliphatic heterocycles. The molecular formula is C81H152O5. The Morgan fingerprint density at radius 2 is 0.465 bits per heavy atom. The molecule has 0 aliphatic rings. The highest BCUT2D eigenvalue weighted by Gasteiger charge is 2.16. The number of hydrogen-bond donors (Lipinski definition) is 1. The summed E-state index contributed by atoms with van der Waals surface area (Å²) in [7, 11) is 0. The van der Waals surface area contributed by atoms with Crippen LogP contribution in [0.1, 0.15) is 438 Å². The molecule has 0 aromatic carbocycles. The highest BCUT2D eigenvalue weighted by Crippen LogP contribution is 2.20. The van der Waals surface area contributed by atoms with Crippen LogP contribution in [0.5, 0.6) is 0 Å². The van der Waals surface area contributed by atoms with Gasteiger partial charge in [-0.05, 0) is 77.0 Å². The van der Waals surface area contributed by atoms with E-state index >= 15 is 0 Å². The molecule has 1 N–H and O–H groups in total. The first kappa shape index (κ1) is 83.9. The van der Waals surface area contributed by atoms with Crippen LogP contribution < -0.4 is 0 Å². The number of hydrogen-bond acceptors (Lipinski definition) is 5. The van der Waals surface area contributed by atoms with E-state index in [1.165, 1.54) is 366 Å². The Morgan fingerprint density at radius 1 is 0.267 bits per heavy atom. The van der Waals surface area contributed by atoms with E-state index in [1.54, 1.807) is 0 Å². The Bertz CT molecular complexity index is 1410. The highest BCUT2D eigenvalue weighted by atomic mass is 16.6. The van der Waals surface area contributed by atoms with Crippen molar-refractivity contribution in [3.8, 4) is 0 Å². The zero-order chi connectivity index (χ0) is 61.9. The van der Waals surface area contributed by atoms with Gasteiger partial charge < -0.3 is 14.6 Å². The molecule has 86 heavy (non-hydrogen) atoms. The third kappa shape index (κ3) is 74.3. The lowest BCUT2D eigenvalue weighted by Crippen LogP contribution is -2.28. The predicted octanol–water partition coefficient (Wildman–Crippen LogP) is 27.4. The number of esters is 2. The molecule has 1 unspecified atom stereocenters. The van der Waals surface area contributed by atoms with Crippen molar-refractivity contribution in [1.82, 2.24) is 0 Å². The fourth-order valence-corrected chi connectivity index (χ4v) is 12.2. The van der Waals surface area contributed by atoms with Crippen LogP contribution in [-0.4, -0.2) is 36.4 Å². The number of aliphatic hydroxyl groups excluding tert-OH is 1. The van der Waals surface area contributed by atoms with Gasteiger partial charge in [-0.2, -0.15) is 0 Å². The zero-order valence-electron chi connectivity index (χ0n) is 58.4. The number of unbranched alkanes of at least 4 members (excludes halogenated alkanes) is 58. The second-order valence-corrected chi connectivity index (χ2v) is 26.8. The molecule has 0 amide bonds. The summed E-state index contributed by atoms with van der Waals surface area (Å²) in [6, 6.07) is 0. The second-order valence-electron chi connectivity index (χ2n) is 26.8. The molecule has 0 aromatic rings. The molecule has 0 bridgehead atoms. The maximum absolute atomic E-state index is 12.4. The standard InChI is InChI=1S/C81H152O5/c1-3-5-7-9-11-13-15-17-19-21-23-25-27-29-31-33-35-37-38-39-40-41-42-44-46-48-50-52-54-56-58-60-62-64-66-68-70-72-74-76-81(84)86-79(77-82)78-85-80(83)75-73-71-69-67-65-63-61-59-57-55-53-51-49-47-45-43-36-34-32-30-28-26-24-22-20-18-16-14-12-10-8-6-4-2/h15,17,21-24,27,29,79,82H,3-14,16,18-20,25-26,28,30-78H2,1-2H3/b17-15-,23-21-,24-22-,29-27-. The molecule has 0 radical (unpaired) electrons. The fourth-order valence-electron chi connectivity index (χ4n) is 12.2. The van der Waals surface area contributed by atoms with Gasteiger partial charge in [0.25, 0.3) is 0 Å². The summed E-state index contributed by atoms with van der Waals surface area (Å²) in [6.45, 7) is 4.19. The van der Waals surface area contributed by atoms with Crippen molar-refractivity contribution in [2.45, 2.75) is 444 Å². The molecule has 0 rings (SSSR count). The molecular weight excluding hydrogens is 1050 g/mol. The second kappa shape index (κ2) is 77.1.